The minimum Gasteiger partial charge on any atom is -0.462 e. The standard InChI is InChI=1S/C21H19NO2/c1-2-3-15-24-21(23)19-16-18(22-14-8-7-11-20(19)22)13-12-17-9-5-4-6-10-17/h4-11,14,16H,2-3,15H2,1H3. The van der Waals surface area contributed by atoms with Crippen molar-refractivity contribution >= 4 is 11.5 Å². The van der Waals surface area contributed by atoms with Gasteiger partial charge in [0.25, 0.3) is 0 Å². The minimum atomic E-state index is -0.292. The summed E-state index contributed by atoms with van der Waals surface area (Å²) in [6, 6.07) is 17.3. The molecule has 0 spiro atoms. The Morgan fingerprint density at radius 2 is 1.88 bits per heavy atom. The minimum absolute atomic E-state index is 0.292. The molecule has 0 amide bonds. The van der Waals surface area contributed by atoms with E-state index in [1.165, 1.54) is 0 Å². The lowest BCUT2D eigenvalue weighted by molar-refractivity contribution is 0.0502. The molecule has 120 valence electrons. The van der Waals surface area contributed by atoms with Gasteiger partial charge in [0, 0.05) is 11.8 Å². The number of hydrogen-bond acceptors (Lipinski definition) is 2. The van der Waals surface area contributed by atoms with E-state index in [2.05, 4.69) is 18.8 Å². The van der Waals surface area contributed by atoms with Gasteiger partial charge in [0.1, 0.15) is 0 Å². The molecule has 3 heteroatoms. The predicted molar refractivity (Wildman–Crippen MR) is 95.0 cm³/mol. The Balaban J connectivity index is 1.95. The van der Waals surface area contributed by atoms with Crippen LogP contribution in [0, 0.1) is 11.8 Å². The molecule has 0 aliphatic heterocycles. The van der Waals surface area contributed by atoms with Gasteiger partial charge in [0.2, 0.25) is 0 Å². The molecule has 2 aromatic heterocycles. The highest BCUT2D eigenvalue weighted by molar-refractivity contribution is 5.98. The predicted octanol–water partition coefficient (Wildman–Crippen LogP) is 4.30. The molecule has 3 aromatic rings. The van der Waals surface area contributed by atoms with Gasteiger partial charge in [-0.2, -0.15) is 0 Å². The van der Waals surface area contributed by atoms with E-state index < -0.39 is 0 Å². The fraction of sp³-hybridized carbons (Fsp3) is 0.190. The van der Waals surface area contributed by atoms with Gasteiger partial charge in [0.15, 0.2) is 0 Å². The van der Waals surface area contributed by atoms with Gasteiger partial charge < -0.3 is 9.14 Å². The first-order valence-corrected chi connectivity index (χ1v) is 8.14. The number of unbranched alkanes of at least 4 members (excludes halogenated alkanes) is 1. The second-order valence-electron chi connectivity index (χ2n) is 5.50. The zero-order valence-corrected chi connectivity index (χ0v) is 13.7. The van der Waals surface area contributed by atoms with Crippen LogP contribution in [-0.2, 0) is 4.74 Å². The van der Waals surface area contributed by atoms with Crippen molar-refractivity contribution in [1.82, 2.24) is 4.40 Å². The highest BCUT2D eigenvalue weighted by Crippen LogP contribution is 2.18. The number of rotatable bonds is 4. The van der Waals surface area contributed by atoms with Crippen molar-refractivity contribution in [3.05, 3.63) is 77.6 Å². The maximum atomic E-state index is 12.3. The zero-order valence-electron chi connectivity index (χ0n) is 13.7. The molecule has 0 aliphatic rings. The second kappa shape index (κ2) is 7.52. The van der Waals surface area contributed by atoms with E-state index in [1.807, 2.05) is 59.1 Å². The SMILES string of the molecule is CCCCOC(=O)c1cc(C#Cc2ccccc2)n2ccccc12. The molecule has 3 nitrogen and oxygen atoms in total. The quantitative estimate of drug-likeness (QED) is 0.408. The molecule has 0 bridgehead atoms. The molecule has 1 aromatic carbocycles. The van der Waals surface area contributed by atoms with Gasteiger partial charge in [-0.3, -0.25) is 0 Å². The topological polar surface area (TPSA) is 30.7 Å². The number of benzene rings is 1. The summed E-state index contributed by atoms with van der Waals surface area (Å²) in [5, 5.41) is 0. The summed E-state index contributed by atoms with van der Waals surface area (Å²) >= 11 is 0. The van der Waals surface area contributed by atoms with Gasteiger partial charge in [-0.25, -0.2) is 4.79 Å². The lowest BCUT2D eigenvalue weighted by Crippen LogP contribution is -2.05. The highest BCUT2D eigenvalue weighted by atomic mass is 16.5. The summed E-state index contributed by atoms with van der Waals surface area (Å²) in [6.45, 7) is 2.52. The van der Waals surface area contributed by atoms with Crippen LogP contribution in [0.5, 0.6) is 0 Å². The van der Waals surface area contributed by atoms with Gasteiger partial charge in [-0.1, -0.05) is 43.5 Å². The van der Waals surface area contributed by atoms with Crippen LogP contribution in [0.1, 0.15) is 41.4 Å². The third kappa shape index (κ3) is 3.49. The summed E-state index contributed by atoms with van der Waals surface area (Å²) in [4.78, 5) is 12.3. The Hall–Kier alpha value is -2.99. The largest absolute Gasteiger partial charge is 0.462 e. The van der Waals surface area contributed by atoms with Gasteiger partial charge in [0.05, 0.1) is 23.4 Å². The molecule has 3 rings (SSSR count). The van der Waals surface area contributed by atoms with E-state index in [0.717, 1.165) is 29.6 Å². The fourth-order valence-electron chi connectivity index (χ4n) is 2.46. The third-order valence-corrected chi connectivity index (χ3v) is 3.74. The summed E-state index contributed by atoms with van der Waals surface area (Å²) in [5.41, 5.74) is 3.09. The van der Waals surface area contributed by atoms with E-state index in [1.54, 1.807) is 6.07 Å². The number of aromatic nitrogens is 1. The Labute approximate surface area is 141 Å². The van der Waals surface area contributed by atoms with E-state index in [4.69, 9.17) is 4.74 Å². The summed E-state index contributed by atoms with van der Waals surface area (Å²) in [6.07, 6.45) is 3.78. The number of nitrogens with zero attached hydrogens (tertiary/aromatic N) is 1. The second-order valence-corrected chi connectivity index (χ2v) is 5.50. The van der Waals surface area contributed by atoms with Crippen molar-refractivity contribution in [2.75, 3.05) is 6.61 Å². The van der Waals surface area contributed by atoms with Crippen molar-refractivity contribution in [2.45, 2.75) is 19.8 Å². The maximum absolute atomic E-state index is 12.3. The Morgan fingerprint density at radius 1 is 1.08 bits per heavy atom. The molecule has 0 saturated carbocycles. The average Bonchev–Trinajstić information content (AvgIpc) is 3.00. The first-order chi connectivity index (χ1) is 11.8. The number of ether oxygens (including phenoxy) is 1. The van der Waals surface area contributed by atoms with Crippen LogP contribution in [0.25, 0.3) is 5.52 Å². The van der Waals surface area contributed by atoms with Crippen LogP contribution in [0.3, 0.4) is 0 Å². The van der Waals surface area contributed by atoms with Crippen molar-refractivity contribution in [1.29, 1.82) is 0 Å². The lowest BCUT2D eigenvalue weighted by Gasteiger charge is -2.02. The molecule has 24 heavy (non-hydrogen) atoms. The summed E-state index contributed by atoms with van der Waals surface area (Å²) in [7, 11) is 0. The van der Waals surface area contributed by atoms with E-state index in [9.17, 15) is 4.79 Å². The van der Waals surface area contributed by atoms with Crippen molar-refractivity contribution in [2.24, 2.45) is 0 Å². The molecule has 0 aliphatic carbocycles. The monoisotopic (exact) mass is 317 g/mol. The smallest absolute Gasteiger partial charge is 0.340 e. The number of fused-ring (bicyclic) bond motifs is 1. The Kier molecular flexibility index (Phi) is 4.98. The lowest BCUT2D eigenvalue weighted by atomic mass is 10.2. The van der Waals surface area contributed by atoms with Crippen LogP contribution < -0.4 is 0 Å². The van der Waals surface area contributed by atoms with Crippen molar-refractivity contribution in [3.63, 3.8) is 0 Å². The van der Waals surface area contributed by atoms with Crippen molar-refractivity contribution in [3.8, 4) is 11.8 Å². The van der Waals surface area contributed by atoms with E-state index in [0.29, 0.717) is 12.2 Å². The third-order valence-electron chi connectivity index (χ3n) is 3.74. The normalized spacial score (nSPS) is 10.2. The van der Waals surface area contributed by atoms with Crippen LogP contribution in [0.2, 0.25) is 0 Å². The van der Waals surface area contributed by atoms with Gasteiger partial charge in [-0.05, 0) is 42.7 Å². The van der Waals surface area contributed by atoms with Gasteiger partial charge >= 0.3 is 5.97 Å². The number of carbonyl (C=O) groups excluding carboxylic acids is 1. The fourth-order valence-corrected chi connectivity index (χ4v) is 2.46. The first kappa shape index (κ1) is 15.9. The van der Waals surface area contributed by atoms with E-state index >= 15 is 0 Å². The molecule has 0 radical (unpaired) electrons. The molecular weight excluding hydrogens is 298 g/mol. The molecule has 2 heterocycles. The zero-order chi connectivity index (χ0) is 16.8. The van der Waals surface area contributed by atoms with Gasteiger partial charge in [-0.15, -0.1) is 0 Å². The average molecular weight is 317 g/mol. The number of hydrogen-bond donors (Lipinski definition) is 0. The van der Waals surface area contributed by atoms with Crippen molar-refractivity contribution < 1.29 is 9.53 Å². The number of esters is 1. The van der Waals surface area contributed by atoms with E-state index in [-0.39, 0.29) is 5.97 Å². The molecule has 0 atom stereocenters. The van der Waals surface area contributed by atoms with Crippen LogP contribution in [0.4, 0.5) is 0 Å². The Bertz CT molecular complexity index is 898. The highest BCUT2D eigenvalue weighted by Gasteiger charge is 2.15. The summed E-state index contributed by atoms with van der Waals surface area (Å²) in [5.74, 6) is 5.99. The molecule has 0 saturated heterocycles. The maximum Gasteiger partial charge on any atom is 0.340 e. The molecule has 0 unspecified atom stereocenters. The number of pyridine rings is 1. The van der Waals surface area contributed by atoms with Crippen LogP contribution >= 0.6 is 0 Å². The molecular formula is C21H19NO2. The molecule has 0 fully saturated rings. The van der Waals surface area contributed by atoms with Crippen LogP contribution in [-0.4, -0.2) is 17.0 Å². The number of carbonyl (C=O) groups is 1. The van der Waals surface area contributed by atoms with Crippen LogP contribution in [0.15, 0.2) is 60.8 Å². The first-order valence-electron chi connectivity index (χ1n) is 8.14. The molecule has 0 N–H and O–H groups in total. The summed E-state index contributed by atoms with van der Waals surface area (Å²) < 4.78 is 7.28. The Morgan fingerprint density at radius 3 is 2.67 bits per heavy atom.